The molecule has 0 saturated heterocycles. The number of furan rings is 1. The summed E-state index contributed by atoms with van der Waals surface area (Å²) < 4.78 is 6.62. The van der Waals surface area contributed by atoms with E-state index >= 15 is 0 Å². The summed E-state index contributed by atoms with van der Waals surface area (Å²) in [5.74, 6) is -0.407. The Kier molecular flexibility index (Phi) is 2.31. The fraction of sp³-hybridized carbons (Fsp3) is 0. The molecular formula is C11H6ClN3O3. The van der Waals surface area contributed by atoms with Gasteiger partial charge in [0.2, 0.25) is 5.82 Å². The summed E-state index contributed by atoms with van der Waals surface area (Å²) in [5.41, 5.74) is 0.484. The zero-order chi connectivity index (χ0) is 12.7. The van der Waals surface area contributed by atoms with Crippen LogP contribution in [0, 0.1) is 0 Å². The zero-order valence-electron chi connectivity index (χ0n) is 8.87. The van der Waals surface area contributed by atoms with Gasteiger partial charge in [0.05, 0.1) is 0 Å². The topological polar surface area (TPSA) is 80.6 Å². The van der Waals surface area contributed by atoms with Gasteiger partial charge in [-0.2, -0.15) is 0 Å². The molecule has 6 nitrogen and oxygen atoms in total. The van der Waals surface area contributed by atoms with E-state index in [1.807, 2.05) is 0 Å². The predicted octanol–water partition coefficient (Wildman–Crippen LogP) is 2.34. The minimum atomic E-state index is -1.07. The molecule has 0 aliphatic carbocycles. The summed E-state index contributed by atoms with van der Waals surface area (Å²) in [7, 11) is 0. The number of aromatic carboxylic acids is 1. The minimum Gasteiger partial charge on any atom is -0.477 e. The summed E-state index contributed by atoms with van der Waals surface area (Å²) in [6, 6.07) is 7.89. The number of carboxylic acid groups (broad SMARTS) is 1. The van der Waals surface area contributed by atoms with E-state index in [1.54, 1.807) is 24.3 Å². The molecule has 0 radical (unpaired) electrons. The first-order chi connectivity index (χ1) is 8.66. The van der Waals surface area contributed by atoms with Crippen LogP contribution in [0.5, 0.6) is 0 Å². The molecule has 0 unspecified atom stereocenters. The monoisotopic (exact) mass is 263 g/mol. The molecule has 0 amide bonds. The third-order valence-corrected chi connectivity index (χ3v) is 2.64. The third kappa shape index (κ3) is 1.54. The normalized spacial score (nSPS) is 10.9. The maximum atomic E-state index is 11.2. The lowest BCUT2D eigenvalue weighted by molar-refractivity contribution is 0.0689. The second-order valence-corrected chi connectivity index (χ2v) is 3.91. The van der Waals surface area contributed by atoms with E-state index in [4.69, 9.17) is 21.1 Å². The second-order valence-electron chi connectivity index (χ2n) is 3.54. The average molecular weight is 264 g/mol. The van der Waals surface area contributed by atoms with Gasteiger partial charge in [0.1, 0.15) is 5.69 Å². The van der Waals surface area contributed by atoms with Gasteiger partial charge in [0.15, 0.2) is 16.6 Å². The van der Waals surface area contributed by atoms with Crippen LogP contribution in [0.3, 0.4) is 0 Å². The largest absolute Gasteiger partial charge is 0.477 e. The smallest absolute Gasteiger partial charge is 0.352 e. The van der Waals surface area contributed by atoms with Gasteiger partial charge >= 0.3 is 5.97 Å². The lowest BCUT2D eigenvalue weighted by Gasteiger charge is -2.01. The molecule has 0 fully saturated rings. The predicted molar refractivity (Wildman–Crippen MR) is 62.7 cm³/mol. The third-order valence-electron chi connectivity index (χ3n) is 2.44. The van der Waals surface area contributed by atoms with Crippen LogP contribution < -0.4 is 0 Å². The van der Waals surface area contributed by atoms with Gasteiger partial charge in [0.25, 0.3) is 0 Å². The number of fused-ring (bicyclic) bond motifs is 1. The van der Waals surface area contributed by atoms with Crippen LogP contribution in [-0.4, -0.2) is 25.7 Å². The molecule has 0 spiro atoms. The molecule has 1 N–H and O–H groups in total. The Labute approximate surface area is 105 Å². The van der Waals surface area contributed by atoms with Crippen molar-refractivity contribution in [1.82, 2.24) is 14.6 Å². The van der Waals surface area contributed by atoms with Crippen molar-refractivity contribution >= 4 is 23.2 Å². The number of pyridine rings is 1. The Morgan fingerprint density at radius 2 is 2.11 bits per heavy atom. The SMILES string of the molecule is O=C(O)c1cccc2nnc(-c3ccc(Cl)o3)n12. The number of halogens is 1. The standard InChI is InChI=1S/C11H6ClN3O3/c12-8-5-4-7(18-8)10-14-13-9-3-1-2-6(11(16)17)15(9)10/h1-5H,(H,16,17). The van der Waals surface area contributed by atoms with Crippen molar-refractivity contribution in [3.05, 3.63) is 41.2 Å². The second kappa shape index (κ2) is 3.85. The highest BCUT2D eigenvalue weighted by Gasteiger charge is 2.17. The van der Waals surface area contributed by atoms with Crippen LogP contribution in [0.4, 0.5) is 0 Å². The summed E-state index contributed by atoms with van der Waals surface area (Å²) in [5, 5.41) is 17.2. The summed E-state index contributed by atoms with van der Waals surface area (Å²) in [6.07, 6.45) is 0. The molecule has 90 valence electrons. The molecule has 0 aliphatic heterocycles. The molecule has 0 bridgehead atoms. The van der Waals surface area contributed by atoms with E-state index < -0.39 is 5.97 Å². The number of nitrogens with zero attached hydrogens (tertiary/aromatic N) is 3. The van der Waals surface area contributed by atoms with Gasteiger partial charge in [-0.15, -0.1) is 10.2 Å². The van der Waals surface area contributed by atoms with Gasteiger partial charge in [-0.1, -0.05) is 6.07 Å². The van der Waals surface area contributed by atoms with Crippen LogP contribution in [0.25, 0.3) is 17.2 Å². The highest BCUT2D eigenvalue weighted by atomic mass is 35.5. The quantitative estimate of drug-likeness (QED) is 0.767. The lowest BCUT2D eigenvalue weighted by Crippen LogP contribution is -2.05. The zero-order valence-corrected chi connectivity index (χ0v) is 9.63. The van der Waals surface area contributed by atoms with Crippen molar-refractivity contribution in [3.63, 3.8) is 0 Å². The Hall–Kier alpha value is -2.34. The van der Waals surface area contributed by atoms with Gasteiger partial charge < -0.3 is 9.52 Å². The van der Waals surface area contributed by atoms with Crippen LogP contribution in [0.1, 0.15) is 10.5 Å². The average Bonchev–Trinajstić information content (AvgIpc) is 2.94. The van der Waals surface area contributed by atoms with Crippen LogP contribution in [0.2, 0.25) is 5.22 Å². The van der Waals surface area contributed by atoms with Crippen molar-refractivity contribution in [2.75, 3.05) is 0 Å². The summed E-state index contributed by atoms with van der Waals surface area (Å²) >= 11 is 5.69. The number of hydrogen-bond acceptors (Lipinski definition) is 4. The Morgan fingerprint density at radius 1 is 1.28 bits per heavy atom. The first-order valence-corrected chi connectivity index (χ1v) is 5.38. The molecule has 3 aromatic rings. The van der Waals surface area contributed by atoms with Crippen molar-refractivity contribution in [2.45, 2.75) is 0 Å². The Balaban J connectivity index is 2.34. The van der Waals surface area contributed by atoms with Gasteiger partial charge in [0, 0.05) is 0 Å². The molecule has 0 saturated carbocycles. The van der Waals surface area contributed by atoms with E-state index in [0.717, 1.165) is 0 Å². The summed E-state index contributed by atoms with van der Waals surface area (Å²) in [6.45, 7) is 0. The number of aromatic nitrogens is 3. The molecule has 3 heterocycles. The Bertz CT molecular complexity index is 747. The molecule has 3 aromatic heterocycles. The number of carbonyl (C=O) groups is 1. The molecule has 0 aromatic carbocycles. The van der Waals surface area contributed by atoms with Crippen molar-refractivity contribution in [1.29, 1.82) is 0 Å². The number of carboxylic acids is 1. The summed E-state index contributed by atoms with van der Waals surface area (Å²) in [4.78, 5) is 11.2. The van der Waals surface area contributed by atoms with Crippen molar-refractivity contribution < 1.29 is 14.3 Å². The molecular weight excluding hydrogens is 258 g/mol. The molecule has 0 aliphatic rings. The highest BCUT2D eigenvalue weighted by molar-refractivity contribution is 6.28. The van der Waals surface area contributed by atoms with Crippen molar-refractivity contribution in [2.24, 2.45) is 0 Å². The lowest BCUT2D eigenvalue weighted by atomic mass is 10.3. The molecule has 7 heteroatoms. The van der Waals surface area contributed by atoms with Gasteiger partial charge in [-0.25, -0.2) is 4.79 Å². The Morgan fingerprint density at radius 3 is 2.78 bits per heavy atom. The number of rotatable bonds is 2. The van der Waals surface area contributed by atoms with E-state index in [0.29, 0.717) is 17.2 Å². The molecule has 18 heavy (non-hydrogen) atoms. The maximum absolute atomic E-state index is 11.2. The van der Waals surface area contributed by atoms with E-state index in [1.165, 1.54) is 10.5 Å². The fourth-order valence-electron chi connectivity index (χ4n) is 1.70. The van der Waals surface area contributed by atoms with E-state index in [-0.39, 0.29) is 10.9 Å². The van der Waals surface area contributed by atoms with E-state index in [9.17, 15) is 4.79 Å². The van der Waals surface area contributed by atoms with Gasteiger partial charge in [-0.05, 0) is 35.9 Å². The number of hydrogen-bond donors (Lipinski definition) is 1. The molecule has 3 rings (SSSR count). The van der Waals surface area contributed by atoms with Crippen LogP contribution in [0.15, 0.2) is 34.7 Å². The van der Waals surface area contributed by atoms with Crippen molar-refractivity contribution in [3.8, 4) is 11.6 Å². The molecule has 0 atom stereocenters. The minimum absolute atomic E-state index is 0.0556. The van der Waals surface area contributed by atoms with Gasteiger partial charge in [-0.3, -0.25) is 4.40 Å². The van der Waals surface area contributed by atoms with E-state index in [2.05, 4.69) is 10.2 Å². The fourth-order valence-corrected chi connectivity index (χ4v) is 1.85. The maximum Gasteiger partial charge on any atom is 0.352 e. The van der Waals surface area contributed by atoms with Crippen LogP contribution >= 0.6 is 11.6 Å². The highest BCUT2D eigenvalue weighted by Crippen LogP contribution is 2.24. The van der Waals surface area contributed by atoms with Crippen LogP contribution in [-0.2, 0) is 0 Å². The first-order valence-electron chi connectivity index (χ1n) is 5.00. The first kappa shape index (κ1) is 10.8.